The summed E-state index contributed by atoms with van der Waals surface area (Å²) in [5.74, 6) is 0.134. The predicted octanol–water partition coefficient (Wildman–Crippen LogP) is 1.68. The summed E-state index contributed by atoms with van der Waals surface area (Å²) in [7, 11) is 1.70. The first-order chi connectivity index (χ1) is 10.0. The molecule has 3 atom stereocenters. The molecule has 2 aliphatic heterocycles. The number of hydrogen-bond donors (Lipinski definition) is 1. The Labute approximate surface area is 129 Å². The van der Waals surface area contributed by atoms with Crippen LogP contribution in [0.2, 0.25) is 0 Å². The van der Waals surface area contributed by atoms with Crippen LogP contribution in [0, 0.1) is 6.92 Å². The normalized spacial score (nSPS) is 33.1. The van der Waals surface area contributed by atoms with Gasteiger partial charge in [-0.25, -0.2) is 0 Å². The third-order valence-electron chi connectivity index (χ3n) is 4.36. The summed E-state index contributed by atoms with van der Waals surface area (Å²) in [6, 6.07) is 4.03. The van der Waals surface area contributed by atoms with Crippen molar-refractivity contribution in [2.75, 3.05) is 26.9 Å². The van der Waals surface area contributed by atoms with Crippen molar-refractivity contribution in [1.82, 2.24) is 10.2 Å². The quantitative estimate of drug-likeness (QED) is 0.919. The number of aryl methyl sites for hydroxylation is 1. The highest BCUT2D eigenvalue weighted by molar-refractivity contribution is 7.12. The van der Waals surface area contributed by atoms with E-state index >= 15 is 0 Å². The van der Waals surface area contributed by atoms with Crippen LogP contribution in [0.15, 0.2) is 12.1 Å². The number of carbonyl (C=O) groups excluding carboxylic acids is 1. The van der Waals surface area contributed by atoms with E-state index in [9.17, 15) is 4.79 Å². The fraction of sp³-hybridized carbons (Fsp3) is 0.667. The van der Waals surface area contributed by atoms with Crippen LogP contribution in [0.1, 0.15) is 29.3 Å². The Morgan fingerprint density at radius 2 is 2.38 bits per heavy atom. The average Bonchev–Trinajstić information content (AvgIpc) is 3.16. The topological polar surface area (TPSA) is 50.8 Å². The highest BCUT2D eigenvalue weighted by Crippen LogP contribution is 2.34. The number of nitrogens with one attached hydrogen (secondary N) is 1. The molecule has 0 aromatic carbocycles. The van der Waals surface area contributed by atoms with Crippen molar-refractivity contribution in [2.24, 2.45) is 0 Å². The molecule has 6 heteroatoms. The van der Waals surface area contributed by atoms with Gasteiger partial charge in [-0.15, -0.1) is 11.3 Å². The Morgan fingerprint density at radius 3 is 2.95 bits per heavy atom. The summed E-state index contributed by atoms with van der Waals surface area (Å²) >= 11 is 1.73. The van der Waals surface area contributed by atoms with Gasteiger partial charge in [-0.05, 0) is 26.0 Å². The van der Waals surface area contributed by atoms with E-state index in [2.05, 4.69) is 24.4 Å². The molecule has 1 aromatic rings. The monoisotopic (exact) mass is 310 g/mol. The van der Waals surface area contributed by atoms with Crippen molar-refractivity contribution < 1.29 is 14.3 Å². The number of nitrogens with zero attached hydrogens (tertiary/aromatic N) is 1. The van der Waals surface area contributed by atoms with E-state index in [1.54, 1.807) is 18.4 Å². The van der Waals surface area contributed by atoms with Crippen LogP contribution in [0.4, 0.5) is 0 Å². The van der Waals surface area contributed by atoms with Gasteiger partial charge in [0.15, 0.2) is 0 Å². The molecular formula is C15H22N2O3S. The van der Waals surface area contributed by atoms with Gasteiger partial charge in [0.1, 0.15) is 11.8 Å². The van der Waals surface area contributed by atoms with Gasteiger partial charge in [-0.3, -0.25) is 10.1 Å². The Balaban J connectivity index is 1.84. The van der Waals surface area contributed by atoms with Crippen LogP contribution in [-0.2, 0) is 14.3 Å². The molecule has 1 aromatic heterocycles. The number of carbonyl (C=O) groups is 1. The van der Waals surface area contributed by atoms with Crippen LogP contribution < -0.4 is 5.32 Å². The van der Waals surface area contributed by atoms with Gasteiger partial charge < -0.3 is 14.4 Å². The molecule has 2 fully saturated rings. The summed E-state index contributed by atoms with van der Waals surface area (Å²) in [6.07, 6.45) is 0.775. The molecule has 3 heterocycles. The standard InChI is InChI=1S/C15H22N2O3S/c1-10-4-5-12(21-10)13-16-11(2)14(18)17(13)8-15(19-3)6-7-20-9-15/h4-5,11,13,16H,6-9H2,1-3H3. The second-order valence-electron chi connectivity index (χ2n) is 5.90. The minimum absolute atomic E-state index is 0.0566. The Hall–Kier alpha value is -0.950. The fourth-order valence-electron chi connectivity index (χ4n) is 3.03. The molecule has 2 saturated heterocycles. The lowest BCUT2D eigenvalue weighted by Gasteiger charge is -2.33. The number of ether oxygens (including phenoxy) is 2. The van der Waals surface area contributed by atoms with Crippen LogP contribution in [0.3, 0.4) is 0 Å². The summed E-state index contributed by atoms with van der Waals surface area (Å²) < 4.78 is 11.2. The zero-order chi connectivity index (χ0) is 15.0. The fourth-order valence-corrected chi connectivity index (χ4v) is 3.98. The molecule has 116 valence electrons. The molecule has 3 rings (SSSR count). The summed E-state index contributed by atoms with van der Waals surface area (Å²) in [5.41, 5.74) is -0.369. The van der Waals surface area contributed by atoms with E-state index in [0.29, 0.717) is 19.8 Å². The van der Waals surface area contributed by atoms with Crippen molar-refractivity contribution in [3.63, 3.8) is 0 Å². The largest absolute Gasteiger partial charge is 0.378 e. The Kier molecular flexibility index (Phi) is 4.05. The smallest absolute Gasteiger partial charge is 0.241 e. The number of thiophene rings is 1. The van der Waals surface area contributed by atoms with Crippen molar-refractivity contribution in [2.45, 2.75) is 38.1 Å². The van der Waals surface area contributed by atoms with E-state index < -0.39 is 0 Å². The molecule has 21 heavy (non-hydrogen) atoms. The SMILES string of the molecule is COC1(CN2C(=O)C(C)NC2c2ccc(C)s2)CCOC1. The average molecular weight is 310 g/mol. The van der Waals surface area contributed by atoms with Crippen molar-refractivity contribution in [1.29, 1.82) is 0 Å². The highest BCUT2D eigenvalue weighted by atomic mass is 32.1. The molecule has 0 aliphatic carbocycles. The first-order valence-corrected chi connectivity index (χ1v) is 8.12. The van der Waals surface area contributed by atoms with E-state index in [1.165, 1.54) is 9.75 Å². The zero-order valence-electron chi connectivity index (χ0n) is 12.7. The van der Waals surface area contributed by atoms with E-state index in [-0.39, 0.29) is 23.7 Å². The summed E-state index contributed by atoms with van der Waals surface area (Å²) in [5, 5.41) is 3.39. The minimum Gasteiger partial charge on any atom is -0.378 e. The summed E-state index contributed by atoms with van der Waals surface area (Å²) in [4.78, 5) is 16.9. The van der Waals surface area contributed by atoms with E-state index in [4.69, 9.17) is 9.47 Å². The second kappa shape index (κ2) is 5.68. The maximum absolute atomic E-state index is 12.5. The zero-order valence-corrected chi connectivity index (χ0v) is 13.5. The van der Waals surface area contributed by atoms with Crippen LogP contribution in [-0.4, -0.2) is 49.3 Å². The second-order valence-corrected chi connectivity index (χ2v) is 7.21. The maximum atomic E-state index is 12.5. The van der Waals surface area contributed by atoms with Crippen LogP contribution in [0.5, 0.6) is 0 Å². The predicted molar refractivity (Wildman–Crippen MR) is 81.3 cm³/mol. The number of methoxy groups -OCH3 is 1. The highest BCUT2D eigenvalue weighted by Gasteiger charge is 2.45. The van der Waals surface area contributed by atoms with E-state index in [1.807, 2.05) is 11.8 Å². The first kappa shape index (κ1) is 15.0. The molecule has 1 amide bonds. The maximum Gasteiger partial charge on any atom is 0.241 e. The number of rotatable bonds is 4. The lowest BCUT2D eigenvalue weighted by atomic mass is 10.0. The van der Waals surface area contributed by atoms with E-state index in [0.717, 1.165) is 6.42 Å². The molecule has 0 spiro atoms. The van der Waals surface area contributed by atoms with Crippen molar-refractivity contribution in [3.05, 3.63) is 21.9 Å². The first-order valence-electron chi connectivity index (χ1n) is 7.30. The Morgan fingerprint density at radius 1 is 1.57 bits per heavy atom. The van der Waals surface area contributed by atoms with Gasteiger partial charge in [0.2, 0.25) is 5.91 Å². The number of amides is 1. The van der Waals surface area contributed by atoms with Crippen LogP contribution in [0.25, 0.3) is 0 Å². The van der Waals surface area contributed by atoms with Crippen molar-refractivity contribution in [3.8, 4) is 0 Å². The third kappa shape index (κ3) is 2.73. The van der Waals surface area contributed by atoms with Gasteiger partial charge in [0, 0.05) is 29.9 Å². The van der Waals surface area contributed by atoms with Crippen LogP contribution >= 0.6 is 11.3 Å². The molecule has 1 N–H and O–H groups in total. The molecule has 0 bridgehead atoms. The molecule has 2 aliphatic rings. The lowest BCUT2D eigenvalue weighted by Crippen LogP contribution is -2.47. The van der Waals surface area contributed by atoms with Crippen molar-refractivity contribution >= 4 is 17.2 Å². The van der Waals surface area contributed by atoms with Gasteiger partial charge in [0.05, 0.1) is 19.2 Å². The van der Waals surface area contributed by atoms with Gasteiger partial charge >= 0.3 is 0 Å². The minimum atomic E-state index is -0.369. The molecule has 5 nitrogen and oxygen atoms in total. The van der Waals surface area contributed by atoms with Gasteiger partial charge in [0.25, 0.3) is 0 Å². The number of hydrogen-bond acceptors (Lipinski definition) is 5. The van der Waals surface area contributed by atoms with Gasteiger partial charge in [-0.1, -0.05) is 0 Å². The molecule has 3 unspecified atom stereocenters. The molecule has 0 saturated carbocycles. The molecule has 0 radical (unpaired) electrons. The molecular weight excluding hydrogens is 288 g/mol. The van der Waals surface area contributed by atoms with Gasteiger partial charge in [-0.2, -0.15) is 0 Å². The summed E-state index contributed by atoms with van der Waals surface area (Å²) in [6.45, 7) is 5.82. The third-order valence-corrected chi connectivity index (χ3v) is 5.42. The lowest BCUT2D eigenvalue weighted by molar-refractivity contribution is -0.134. The Bertz CT molecular complexity index is 525.